The second-order valence-corrected chi connectivity index (χ2v) is 10.8. The zero-order valence-electron chi connectivity index (χ0n) is 14.3. The molecule has 1 spiro atoms. The van der Waals surface area contributed by atoms with Crippen LogP contribution in [0.2, 0.25) is 5.02 Å². The van der Waals surface area contributed by atoms with Gasteiger partial charge in [0.25, 0.3) is 5.69 Å². The Bertz CT molecular complexity index is 723. The number of hydrogen-bond acceptors (Lipinski definition) is 5. The van der Waals surface area contributed by atoms with Gasteiger partial charge in [-0.25, -0.2) is 0 Å². The van der Waals surface area contributed by atoms with Crippen LogP contribution < -0.4 is 5.32 Å². The summed E-state index contributed by atoms with van der Waals surface area (Å²) in [4.78, 5) is 23.6. The summed E-state index contributed by atoms with van der Waals surface area (Å²) in [6, 6.07) is 4.38. The van der Waals surface area contributed by atoms with Gasteiger partial charge < -0.3 is 5.32 Å². The molecule has 8 heteroatoms. The van der Waals surface area contributed by atoms with Crippen LogP contribution in [-0.2, 0) is 4.79 Å². The van der Waals surface area contributed by atoms with Crippen LogP contribution >= 0.6 is 35.1 Å². The molecule has 2 bridgehead atoms. The van der Waals surface area contributed by atoms with E-state index < -0.39 is 4.92 Å². The lowest BCUT2D eigenvalue weighted by Gasteiger charge is -2.52. The molecule has 2 aliphatic carbocycles. The maximum Gasteiger partial charge on any atom is 0.294 e. The van der Waals surface area contributed by atoms with Crippen molar-refractivity contribution in [3.63, 3.8) is 0 Å². The van der Waals surface area contributed by atoms with Crippen molar-refractivity contribution in [2.45, 2.75) is 36.2 Å². The number of amides is 1. The maximum atomic E-state index is 12.9. The first kappa shape index (κ1) is 18.4. The predicted molar refractivity (Wildman–Crippen MR) is 108 cm³/mol. The largest absolute Gasteiger partial charge is 0.320 e. The number of hydrogen-bond donors (Lipinski definition) is 1. The fourth-order valence-corrected chi connectivity index (χ4v) is 8.92. The van der Waals surface area contributed by atoms with Crippen molar-refractivity contribution in [1.29, 1.82) is 0 Å². The van der Waals surface area contributed by atoms with Crippen molar-refractivity contribution < 1.29 is 9.72 Å². The van der Waals surface area contributed by atoms with Gasteiger partial charge in [0, 0.05) is 28.5 Å². The van der Waals surface area contributed by atoms with Gasteiger partial charge in [-0.3, -0.25) is 14.9 Å². The van der Waals surface area contributed by atoms with Crippen molar-refractivity contribution in [2.24, 2.45) is 17.8 Å². The average molecular weight is 413 g/mol. The number of nitrogens with one attached hydrogen (secondary N) is 1. The average Bonchev–Trinajstić information content (AvgIpc) is 3.05. The van der Waals surface area contributed by atoms with Crippen LogP contribution in [0.25, 0.3) is 0 Å². The molecular formula is C18H21ClN2O3S2. The first-order chi connectivity index (χ1) is 12.5. The fraction of sp³-hybridized carbons (Fsp3) is 0.611. The number of nitro benzene ring substituents is 1. The normalized spacial score (nSPS) is 29.5. The molecule has 2 atom stereocenters. The second kappa shape index (κ2) is 7.24. The molecule has 3 fully saturated rings. The van der Waals surface area contributed by atoms with Crippen LogP contribution in [-0.4, -0.2) is 26.4 Å². The lowest BCUT2D eigenvalue weighted by atomic mass is 9.67. The molecule has 26 heavy (non-hydrogen) atoms. The Hall–Kier alpha value is -0.920. The Morgan fingerprint density at radius 1 is 1.23 bits per heavy atom. The SMILES string of the molecule is O=C(Nc1ccc(Cl)cc1[N+](=O)[O-])C1CC2CCCC(C1)C21SCCS1. The van der Waals surface area contributed by atoms with Gasteiger partial charge in [0.05, 0.1) is 9.00 Å². The molecule has 1 aliphatic heterocycles. The lowest BCUT2D eigenvalue weighted by molar-refractivity contribution is -0.383. The number of benzene rings is 1. The van der Waals surface area contributed by atoms with Gasteiger partial charge in [-0.05, 0) is 49.7 Å². The number of nitrogens with zero attached hydrogens (tertiary/aromatic N) is 1. The molecular weight excluding hydrogens is 392 g/mol. The predicted octanol–water partition coefficient (Wildman–Crippen LogP) is 5.19. The van der Waals surface area contributed by atoms with E-state index in [9.17, 15) is 14.9 Å². The van der Waals surface area contributed by atoms with E-state index in [4.69, 9.17) is 11.6 Å². The minimum atomic E-state index is -0.502. The van der Waals surface area contributed by atoms with Gasteiger partial charge in [-0.15, -0.1) is 23.5 Å². The van der Waals surface area contributed by atoms with E-state index >= 15 is 0 Å². The highest BCUT2D eigenvalue weighted by Crippen LogP contribution is 2.64. The number of carbonyl (C=O) groups excluding carboxylic acids is 1. The third-order valence-corrected chi connectivity index (χ3v) is 10.2. The van der Waals surface area contributed by atoms with Crippen LogP contribution in [0.5, 0.6) is 0 Å². The van der Waals surface area contributed by atoms with Crippen molar-refractivity contribution in [3.05, 3.63) is 33.3 Å². The second-order valence-electron chi connectivity index (χ2n) is 7.32. The highest BCUT2D eigenvalue weighted by Gasteiger charge is 2.55. The van der Waals surface area contributed by atoms with Crippen LogP contribution in [0.15, 0.2) is 18.2 Å². The van der Waals surface area contributed by atoms with E-state index in [-0.39, 0.29) is 23.2 Å². The molecule has 4 rings (SSSR count). The topological polar surface area (TPSA) is 72.2 Å². The summed E-state index contributed by atoms with van der Waals surface area (Å²) in [5, 5.41) is 14.3. The molecule has 0 radical (unpaired) electrons. The molecule has 5 nitrogen and oxygen atoms in total. The third kappa shape index (κ3) is 3.22. The number of halogens is 1. The summed E-state index contributed by atoms with van der Waals surface area (Å²) in [6.07, 6.45) is 5.44. The summed E-state index contributed by atoms with van der Waals surface area (Å²) < 4.78 is 0.321. The Morgan fingerprint density at radius 2 is 1.88 bits per heavy atom. The standard InChI is InChI=1S/C18H21ClN2O3S2/c19-14-4-5-15(16(10-14)21(23)24)20-17(22)11-8-12-2-1-3-13(9-11)18(12)25-6-7-26-18/h4-5,10-13H,1-3,6-9H2,(H,20,22). The lowest BCUT2D eigenvalue weighted by Crippen LogP contribution is -2.48. The monoisotopic (exact) mass is 412 g/mol. The van der Waals surface area contributed by atoms with Crippen LogP contribution in [0.3, 0.4) is 0 Å². The van der Waals surface area contributed by atoms with Gasteiger partial charge in [-0.1, -0.05) is 18.0 Å². The van der Waals surface area contributed by atoms with Gasteiger partial charge in [0.2, 0.25) is 5.91 Å². The highest BCUT2D eigenvalue weighted by atomic mass is 35.5. The molecule has 1 amide bonds. The molecule has 1 aromatic rings. The van der Waals surface area contributed by atoms with Gasteiger partial charge in [-0.2, -0.15) is 0 Å². The minimum Gasteiger partial charge on any atom is -0.320 e. The summed E-state index contributed by atoms with van der Waals surface area (Å²) >= 11 is 10.1. The molecule has 2 saturated carbocycles. The number of nitro groups is 1. The van der Waals surface area contributed by atoms with Crippen LogP contribution in [0.4, 0.5) is 11.4 Å². The number of rotatable bonds is 3. The molecule has 2 unspecified atom stereocenters. The van der Waals surface area contributed by atoms with Crippen molar-refractivity contribution in [3.8, 4) is 0 Å². The number of carbonyl (C=O) groups is 1. The van der Waals surface area contributed by atoms with Crippen molar-refractivity contribution in [1.82, 2.24) is 0 Å². The number of anilines is 1. The summed E-state index contributed by atoms with van der Waals surface area (Å²) in [5.41, 5.74) is 0.0830. The van der Waals surface area contributed by atoms with Crippen molar-refractivity contribution in [2.75, 3.05) is 16.8 Å². The molecule has 1 heterocycles. The Morgan fingerprint density at radius 3 is 2.50 bits per heavy atom. The van der Waals surface area contributed by atoms with Crippen molar-refractivity contribution >= 4 is 52.4 Å². The van der Waals surface area contributed by atoms with E-state index in [0.29, 0.717) is 20.9 Å². The molecule has 1 N–H and O–H groups in total. The molecule has 0 aromatic heterocycles. The Kier molecular flexibility index (Phi) is 5.14. The zero-order chi connectivity index (χ0) is 18.3. The zero-order valence-corrected chi connectivity index (χ0v) is 16.7. The summed E-state index contributed by atoms with van der Waals surface area (Å²) in [7, 11) is 0. The van der Waals surface area contributed by atoms with E-state index in [1.807, 2.05) is 0 Å². The van der Waals surface area contributed by atoms with E-state index in [1.54, 1.807) is 6.07 Å². The first-order valence-electron chi connectivity index (χ1n) is 9.02. The Labute approximate surface area is 166 Å². The Balaban J connectivity index is 1.51. The minimum absolute atomic E-state index is 0.0620. The quantitative estimate of drug-likeness (QED) is 0.546. The maximum absolute atomic E-state index is 12.9. The van der Waals surface area contributed by atoms with E-state index in [2.05, 4.69) is 28.8 Å². The summed E-state index contributed by atoms with van der Waals surface area (Å²) in [5.74, 6) is 3.42. The molecule has 140 valence electrons. The first-order valence-corrected chi connectivity index (χ1v) is 11.4. The molecule has 3 aliphatic rings. The van der Waals surface area contributed by atoms with Crippen LogP contribution in [0.1, 0.15) is 32.1 Å². The number of thioether (sulfide) groups is 2. The van der Waals surface area contributed by atoms with Crippen LogP contribution in [0, 0.1) is 27.9 Å². The third-order valence-electron chi connectivity index (χ3n) is 5.91. The smallest absolute Gasteiger partial charge is 0.294 e. The van der Waals surface area contributed by atoms with Gasteiger partial charge in [0.1, 0.15) is 5.69 Å². The summed E-state index contributed by atoms with van der Waals surface area (Å²) in [6.45, 7) is 0. The van der Waals surface area contributed by atoms with E-state index in [0.717, 1.165) is 12.8 Å². The highest BCUT2D eigenvalue weighted by molar-refractivity contribution is 8.21. The van der Waals surface area contributed by atoms with Gasteiger partial charge in [0.15, 0.2) is 0 Å². The molecule has 1 saturated heterocycles. The fourth-order valence-electron chi connectivity index (χ4n) is 4.82. The van der Waals surface area contributed by atoms with Gasteiger partial charge >= 0.3 is 0 Å². The molecule has 1 aromatic carbocycles. The van der Waals surface area contributed by atoms with E-state index in [1.165, 1.54) is 42.9 Å².